The van der Waals surface area contributed by atoms with Gasteiger partial charge in [-0.1, -0.05) is 13.8 Å². The monoisotopic (exact) mass is 325 g/mol. The lowest BCUT2D eigenvalue weighted by atomic mass is 10.0. The quantitative estimate of drug-likeness (QED) is 0.783. The van der Waals surface area contributed by atoms with E-state index < -0.39 is 23.5 Å². The number of halogens is 1. The van der Waals surface area contributed by atoms with Gasteiger partial charge in [-0.2, -0.15) is 0 Å². The second kappa shape index (κ2) is 7.94. The van der Waals surface area contributed by atoms with Gasteiger partial charge in [0.25, 0.3) is 5.91 Å². The first-order valence-electron chi connectivity index (χ1n) is 7.59. The van der Waals surface area contributed by atoms with Crippen molar-refractivity contribution in [3.8, 4) is 5.75 Å². The van der Waals surface area contributed by atoms with Crippen molar-refractivity contribution in [1.82, 2.24) is 5.32 Å². The molecule has 0 heterocycles. The van der Waals surface area contributed by atoms with E-state index in [1.54, 1.807) is 20.8 Å². The molecular weight excluding hydrogens is 301 g/mol. The second-order valence-electron chi connectivity index (χ2n) is 6.01. The van der Waals surface area contributed by atoms with E-state index in [-0.39, 0.29) is 18.3 Å². The fourth-order valence-corrected chi connectivity index (χ4v) is 1.89. The molecule has 1 unspecified atom stereocenters. The zero-order valence-corrected chi connectivity index (χ0v) is 14.2. The number of nitrogens with one attached hydrogen (secondary N) is 1. The van der Waals surface area contributed by atoms with Crippen LogP contribution in [-0.4, -0.2) is 30.1 Å². The summed E-state index contributed by atoms with van der Waals surface area (Å²) in [5.41, 5.74) is -1.22. The highest BCUT2D eigenvalue weighted by molar-refractivity contribution is 5.89. The summed E-state index contributed by atoms with van der Waals surface area (Å²) in [4.78, 5) is 24.4. The summed E-state index contributed by atoms with van der Waals surface area (Å²) >= 11 is 0. The summed E-state index contributed by atoms with van der Waals surface area (Å²) in [5, 5.41) is 2.66. The van der Waals surface area contributed by atoms with Crippen LogP contribution in [0.25, 0.3) is 0 Å². The van der Waals surface area contributed by atoms with Crippen LogP contribution in [-0.2, 0) is 14.3 Å². The van der Waals surface area contributed by atoms with E-state index in [9.17, 15) is 14.0 Å². The minimum atomic E-state index is -1.22. The Morgan fingerprint density at radius 1 is 1.22 bits per heavy atom. The second-order valence-corrected chi connectivity index (χ2v) is 6.01. The SMILES string of the molecule is CCOC(=O)C(NC(=O)C(C)(C)Oc1ccc(F)cc1)C(C)C. The zero-order valence-electron chi connectivity index (χ0n) is 14.2. The first-order chi connectivity index (χ1) is 10.7. The van der Waals surface area contributed by atoms with E-state index in [0.29, 0.717) is 5.75 Å². The van der Waals surface area contributed by atoms with Gasteiger partial charge in [-0.05, 0) is 51.0 Å². The van der Waals surface area contributed by atoms with Gasteiger partial charge >= 0.3 is 5.97 Å². The topological polar surface area (TPSA) is 64.6 Å². The summed E-state index contributed by atoms with van der Waals surface area (Å²) in [6.07, 6.45) is 0. The van der Waals surface area contributed by atoms with Crippen molar-refractivity contribution in [3.63, 3.8) is 0 Å². The zero-order chi connectivity index (χ0) is 17.6. The molecule has 0 bridgehead atoms. The number of carbonyl (C=O) groups is 2. The Bertz CT molecular complexity index is 540. The highest BCUT2D eigenvalue weighted by Gasteiger charge is 2.35. The Hall–Kier alpha value is -2.11. The van der Waals surface area contributed by atoms with Crippen LogP contribution in [0.15, 0.2) is 24.3 Å². The molecule has 0 aliphatic heterocycles. The molecular formula is C17H24FNO4. The minimum Gasteiger partial charge on any atom is -0.478 e. The van der Waals surface area contributed by atoms with Crippen LogP contribution in [0.2, 0.25) is 0 Å². The maximum Gasteiger partial charge on any atom is 0.328 e. The fourth-order valence-electron chi connectivity index (χ4n) is 1.89. The Kier molecular flexibility index (Phi) is 6.54. The summed E-state index contributed by atoms with van der Waals surface area (Å²) < 4.78 is 23.5. The third-order valence-electron chi connectivity index (χ3n) is 3.23. The van der Waals surface area contributed by atoms with Crippen molar-refractivity contribution >= 4 is 11.9 Å². The molecule has 0 spiro atoms. The molecule has 0 aliphatic rings. The van der Waals surface area contributed by atoms with E-state index in [1.165, 1.54) is 24.3 Å². The van der Waals surface area contributed by atoms with E-state index in [1.807, 2.05) is 13.8 Å². The number of amides is 1. The van der Waals surface area contributed by atoms with E-state index in [4.69, 9.17) is 9.47 Å². The largest absolute Gasteiger partial charge is 0.478 e. The predicted molar refractivity (Wildman–Crippen MR) is 84.5 cm³/mol. The Morgan fingerprint density at radius 3 is 2.26 bits per heavy atom. The van der Waals surface area contributed by atoms with E-state index in [2.05, 4.69) is 5.32 Å². The number of hydrogen-bond donors (Lipinski definition) is 1. The van der Waals surface area contributed by atoms with Gasteiger partial charge < -0.3 is 14.8 Å². The number of esters is 1. The Balaban J connectivity index is 2.79. The van der Waals surface area contributed by atoms with Crippen molar-refractivity contribution < 1.29 is 23.5 Å². The fraction of sp³-hybridized carbons (Fsp3) is 0.529. The lowest BCUT2D eigenvalue weighted by Crippen LogP contribution is -2.54. The standard InChI is InChI=1S/C17H24FNO4/c1-6-22-15(20)14(11(2)3)19-16(21)17(4,5)23-13-9-7-12(18)8-10-13/h7-11,14H,6H2,1-5H3,(H,19,21). The molecule has 0 aromatic heterocycles. The molecule has 0 saturated heterocycles. The summed E-state index contributed by atoms with van der Waals surface area (Å²) in [6, 6.07) is 4.63. The molecule has 1 aromatic rings. The molecule has 0 saturated carbocycles. The highest BCUT2D eigenvalue weighted by Crippen LogP contribution is 2.19. The van der Waals surface area contributed by atoms with Crippen LogP contribution in [0.4, 0.5) is 4.39 Å². The van der Waals surface area contributed by atoms with Crippen LogP contribution in [0.5, 0.6) is 5.75 Å². The van der Waals surface area contributed by atoms with Crippen LogP contribution in [0.3, 0.4) is 0 Å². The summed E-state index contributed by atoms with van der Waals surface area (Å²) in [6.45, 7) is 8.74. The number of rotatable bonds is 7. The minimum absolute atomic E-state index is 0.125. The van der Waals surface area contributed by atoms with Gasteiger partial charge in [0, 0.05) is 0 Å². The molecule has 0 fully saturated rings. The van der Waals surface area contributed by atoms with Gasteiger partial charge in [0.2, 0.25) is 0 Å². The lowest BCUT2D eigenvalue weighted by molar-refractivity contribution is -0.150. The number of carbonyl (C=O) groups excluding carboxylic acids is 2. The Labute approximate surface area is 136 Å². The van der Waals surface area contributed by atoms with Crippen LogP contribution in [0.1, 0.15) is 34.6 Å². The maximum atomic E-state index is 12.9. The molecule has 1 N–H and O–H groups in total. The number of benzene rings is 1. The number of hydrogen-bond acceptors (Lipinski definition) is 4. The molecule has 5 nitrogen and oxygen atoms in total. The average Bonchev–Trinajstić information content (AvgIpc) is 2.46. The lowest BCUT2D eigenvalue weighted by Gasteiger charge is -2.29. The van der Waals surface area contributed by atoms with Crippen molar-refractivity contribution in [1.29, 1.82) is 0 Å². The maximum absolute atomic E-state index is 12.9. The van der Waals surface area contributed by atoms with Crippen LogP contribution in [0, 0.1) is 11.7 Å². The molecule has 1 aromatic carbocycles. The summed E-state index contributed by atoms with van der Waals surface area (Å²) in [7, 11) is 0. The van der Waals surface area contributed by atoms with E-state index >= 15 is 0 Å². The number of ether oxygens (including phenoxy) is 2. The normalized spacial score (nSPS) is 12.7. The molecule has 0 aliphatic carbocycles. The van der Waals surface area contributed by atoms with Gasteiger partial charge in [-0.3, -0.25) is 4.79 Å². The molecule has 128 valence electrons. The van der Waals surface area contributed by atoms with Crippen molar-refractivity contribution in [3.05, 3.63) is 30.1 Å². The molecule has 23 heavy (non-hydrogen) atoms. The van der Waals surface area contributed by atoms with Gasteiger partial charge in [0.05, 0.1) is 6.61 Å². The van der Waals surface area contributed by atoms with Gasteiger partial charge in [-0.15, -0.1) is 0 Å². The molecule has 1 rings (SSSR count). The third kappa shape index (κ3) is 5.54. The highest BCUT2D eigenvalue weighted by atomic mass is 19.1. The predicted octanol–water partition coefficient (Wildman–Crippen LogP) is 2.69. The van der Waals surface area contributed by atoms with Gasteiger partial charge in [0.15, 0.2) is 5.60 Å². The van der Waals surface area contributed by atoms with Gasteiger partial charge in [-0.25, -0.2) is 9.18 Å². The van der Waals surface area contributed by atoms with Crippen LogP contribution < -0.4 is 10.1 Å². The van der Waals surface area contributed by atoms with Crippen molar-refractivity contribution in [2.24, 2.45) is 5.92 Å². The van der Waals surface area contributed by atoms with Crippen molar-refractivity contribution in [2.75, 3.05) is 6.61 Å². The molecule has 1 atom stereocenters. The van der Waals surface area contributed by atoms with Gasteiger partial charge in [0.1, 0.15) is 17.6 Å². The first kappa shape index (κ1) is 18.9. The van der Waals surface area contributed by atoms with Crippen molar-refractivity contribution in [2.45, 2.75) is 46.3 Å². The van der Waals surface area contributed by atoms with E-state index in [0.717, 1.165) is 0 Å². The molecule has 1 amide bonds. The first-order valence-corrected chi connectivity index (χ1v) is 7.59. The summed E-state index contributed by atoms with van der Waals surface area (Å²) in [5.74, 6) is -1.08. The third-order valence-corrected chi connectivity index (χ3v) is 3.23. The Morgan fingerprint density at radius 2 is 1.78 bits per heavy atom. The molecule has 0 radical (unpaired) electrons. The smallest absolute Gasteiger partial charge is 0.328 e. The van der Waals surface area contributed by atoms with Crippen LogP contribution >= 0.6 is 0 Å². The average molecular weight is 325 g/mol. The molecule has 6 heteroatoms.